The van der Waals surface area contributed by atoms with Crippen LogP contribution >= 0.6 is 23.2 Å². The van der Waals surface area contributed by atoms with E-state index in [1.54, 1.807) is 41.2 Å². The van der Waals surface area contributed by atoms with Gasteiger partial charge in [-0.2, -0.15) is 13.5 Å². The average molecular weight is 562 g/mol. The van der Waals surface area contributed by atoms with Crippen molar-refractivity contribution in [3.8, 4) is 5.75 Å². The lowest BCUT2D eigenvalue weighted by atomic mass is 9.94. The molecule has 5 rings (SSSR count). The fourth-order valence-corrected chi connectivity index (χ4v) is 5.48. The van der Waals surface area contributed by atoms with E-state index in [0.717, 1.165) is 29.0 Å². The van der Waals surface area contributed by atoms with Gasteiger partial charge >= 0.3 is 10.1 Å². The Kier molecular flexibility index (Phi) is 6.82. The van der Waals surface area contributed by atoms with E-state index >= 15 is 0 Å². The van der Waals surface area contributed by atoms with E-state index < -0.39 is 16.2 Å². The second kappa shape index (κ2) is 9.92. The Morgan fingerprint density at radius 3 is 2.51 bits per heavy atom. The maximum absolute atomic E-state index is 13.9. The molecule has 2 aliphatic rings. The molecule has 9 nitrogen and oxygen atoms in total. The zero-order chi connectivity index (χ0) is 26.3. The quantitative estimate of drug-likeness (QED) is 0.467. The van der Waals surface area contributed by atoms with Gasteiger partial charge in [0.1, 0.15) is 17.6 Å². The molecule has 12 heteroatoms. The Balaban J connectivity index is 1.37. The first-order valence-corrected chi connectivity index (χ1v) is 14.2. The van der Waals surface area contributed by atoms with Gasteiger partial charge in [-0.1, -0.05) is 35.3 Å². The minimum Gasteiger partial charge on any atom is -0.383 e. The van der Waals surface area contributed by atoms with Crippen LogP contribution < -0.4 is 14.4 Å². The van der Waals surface area contributed by atoms with Gasteiger partial charge in [0.05, 0.1) is 28.1 Å². The number of anilines is 2. The molecule has 0 saturated carbocycles. The molecule has 0 bridgehead atoms. The predicted octanol–water partition coefficient (Wildman–Crippen LogP) is 4.17. The number of aromatic nitrogens is 2. The molecule has 1 amide bonds. The Morgan fingerprint density at radius 2 is 1.81 bits per heavy atom. The van der Waals surface area contributed by atoms with Crippen LogP contribution in [0.2, 0.25) is 10.0 Å². The summed E-state index contributed by atoms with van der Waals surface area (Å²) in [7, 11) is -3.62. The van der Waals surface area contributed by atoms with Crippen molar-refractivity contribution in [2.75, 3.05) is 42.7 Å². The Bertz CT molecular complexity index is 1500. The topological polar surface area (TPSA) is 96.8 Å². The molecule has 1 atom stereocenters. The largest absolute Gasteiger partial charge is 0.383 e. The summed E-state index contributed by atoms with van der Waals surface area (Å²) in [5, 5.41) is 8.62. The third-order valence-electron chi connectivity index (χ3n) is 6.39. The number of nitrogens with zero attached hydrogens (tertiary/aromatic N) is 4. The first-order chi connectivity index (χ1) is 17.6. The highest BCUT2D eigenvalue weighted by atomic mass is 35.5. The number of halogens is 2. The number of benzene rings is 2. The van der Waals surface area contributed by atoms with Gasteiger partial charge in [0.25, 0.3) is 5.91 Å². The SMILES string of the molecule is CC1=C(C(=O)N2CCN(c3cccc(OS(C)(=O)=O)c3)CC2)C(c2ccc(Cl)c(Cl)c2)n2nccc2N1. The minimum atomic E-state index is -3.62. The van der Waals surface area contributed by atoms with Crippen molar-refractivity contribution in [2.45, 2.75) is 13.0 Å². The Hall–Kier alpha value is -3.21. The van der Waals surface area contributed by atoms with Crippen molar-refractivity contribution >= 4 is 50.7 Å². The van der Waals surface area contributed by atoms with Gasteiger partial charge in [-0.3, -0.25) is 4.79 Å². The molecular formula is C25H25Cl2N5O4S. The minimum absolute atomic E-state index is 0.0870. The average Bonchev–Trinajstić information content (AvgIpc) is 3.32. The monoisotopic (exact) mass is 561 g/mol. The van der Waals surface area contributed by atoms with Crippen molar-refractivity contribution in [3.63, 3.8) is 0 Å². The van der Waals surface area contributed by atoms with Gasteiger partial charge < -0.3 is 19.3 Å². The maximum Gasteiger partial charge on any atom is 0.306 e. The molecule has 194 valence electrons. The van der Waals surface area contributed by atoms with Crippen molar-refractivity contribution in [1.29, 1.82) is 0 Å². The second-order valence-corrected chi connectivity index (χ2v) is 11.4. The smallest absolute Gasteiger partial charge is 0.306 e. The van der Waals surface area contributed by atoms with E-state index in [1.807, 2.05) is 30.0 Å². The highest BCUT2D eigenvalue weighted by Gasteiger charge is 2.36. The van der Waals surface area contributed by atoms with Crippen LogP contribution in [0.4, 0.5) is 11.5 Å². The van der Waals surface area contributed by atoms with Crippen LogP contribution in [0.25, 0.3) is 0 Å². The number of nitrogens with one attached hydrogen (secondary N) is 1. The molecule has 1 fully saturated rings. The molecule has 2 aromatic carbocycles. The zero-order valence-electron chi connectivity index (χ0n) is 20.2. The molecule has 3 aromatic rings. The van der Waals surface area contributed by atoms with E-state index in [1.165, 1.54) is 0 Å². The third-order valence-corrected chi connectivity index (χ3v) is 7.63. The molecule has 1 saturated heterocycles. The lowest BCUT2D eigenvalue weighted by Crippen LogP contribution is -2.50. The fraction of sp³-hybridized carbons (Fsp3) is 0.280. The zero-order valence-corrected chi connectivity index (χ0v) is 22.5. The fourth-order valence-electron chi connectivity index (χ4n) is 4.72. The number of carbonyl (C=O) groups is 1. The normalized spacial score (nSPS) is 17.9. The van der Waals surface area contributed by atoms with Gasteiger partial charge in [-0.05, 0) is 36.8 Å². The van der Waals surface area contributed by atoms with Crippen LogP contribution in [-0.2, 0) is 14.9 Å². The van der Waals surface area contributed by atoms with Gasteiger partial charge in [0, 0.05) is 49.7 Å². The van der Waals surface area contributed by atoms with E-state index in [0.29, 0.717) is 41.8 Å². The second-order valence-electron chi connectivity index (χ2n) is 8.96. The summed E-state index contributed by atoms with van der Waals surface area (Å²) >= 11 is 12.5. The lowest BCUT2D eigenvalue weighted by molar-refractivity contribution is -0.128. The number of rotatable bonds is 5. The molecular weight excluding hydrogens is 537 g/mol. The van der Waals surface area contributed by atoms with E-state index in [2.05, 4.69) is 15.3 Å². The van der Waals surface area contributed by atoms with Gasteiger partial charge in [0.15, 0.2) is 0 Å². The number of allylic oxidation sites excluding steroid dienone is 1. The van der Waals surface area contributed by atoms with Crippen molar-refractivity contribution < 1.29 is 17.4 Å². The summed E-state index contributed by atoms with van der Waals surface area (Å²) in [6, 6.07) is 13.7. The molecule has 37 heavy (non-hydrogen) atoms. The molecule has 0 radical (unpaired) electrons. The van der Waals surface area contributed by atoms with Crippen LogP contribution in [0.15, 0.2) is 66.0 Å². The first kappa shape index (κ1) is 25.4. The molecule has 1 unspecified atom stereocenters. The third kappa shape index (κ3) is 5.27. The summed E-state index contributed by atoms with van der Waals surface area (Å²) in [6.07, 6.45) is 2.70. The summed E-state index contributed by atoms with van der Waals surface area (Å²) in [4.78, 5) is 17.8. The molecule has 1 N–H and O–H groups in total. The number of hydrogen-bond acceptors (Lipinski definition) is 7. The van der Waals surface area contributed by atoms with Crippen LogP contribution in [0.1, 0.15) is 18.5 Å². The van der Waals surface area contributed by atoms with Crippen LogP contribution in [0.3, 0.4) is 0 Å². The predicted molar refractivity (Wildman–Crippen MR) is 144 cm³/mol. The van der Waals surface area contributed by atoms with Crippen LogP contribution in [-0.4, -0.2) is 61.4 Å². The van der Waals surface area contributed by atoms with Gasteiger partial charge in [-0.15, -0.1) is 0 Å². The van der Waals surface area contributed by atoms with E-state index in [-0.39, 0.29) is 11.7 Å². The van der Waals surface area contributed by atoms with Gasteiger partial charge in [0.2, 0.25) is 0 Å². The number of piperazine rings is 1. The number of carbonyl (C=O) groups excluding carboxylic acids is 1. The van der Waals surface area contributed by atoms with E-state index in [4.69, 9.17) is 27.4 Å². The molecule has 0 spiro atoms. The first-order valence-electron chi connectivity index (χ1n) is 11.6. The van der Waals surface area contributed by atoms with Crippen molar-refractivity contribution in [1.82, 2.24) is 14.7 Å². The lowest BCUT2D eigenvalue weighted by Gasteiger charge is -2.38. The Labute approximate surface area is 225 Å². The standard InChI is InChI=1S/C25H25Cl2N5O4S/c1-16-23(24(32-22(29-16)8-9-28-32)17-6-7-20(26)21(27)14-17)25(33)31-12-10-30(11-13-31)18-4-3-5-19(15-18)36-37(2,34)35/h3-9,14-15,24,29H,10-13H2,1-2H3. The number of fused-ring (bicyclic) bond motifs is 1. The Morgan fingerprint density at radius 1 is 1.05 bits per heavy atom. The number of hydrogen-bond donors (Lipinski definition) is 1. The maximum atomic E-state index is 13.9. The highest BCUT2D eigenvalue weighted by Crippen LogP contribution is 2.38. The van der Waals surface area contributed by atoms with Crippen LogP contribution in [0.5, 0.6) is 5.75 Å². The molecule has 3 heterocycles. The number of amides is 1. The summed E-state index contributed by atoms with van der Waals surface area (Å²) in [5.41, 5.74) is 2.98. The van der Waals surface area contributed by atoms with Gasteiger partial charge in [-0.25, -0.2) is 4.68 Å². The van der Waals surface area contributed by atoms with E-state index in [9.17, 15) is 13.2 Å². The molecule has 1 aromatic heterocycles. The molecule has 2 aliphatic heterocycles. The molecule has 0 aliphatic carbocycles. The van der Waals surface area contributed by atoms with Crippen molar-refractivity contribution in [3.05, 3.63) is 81.6 Å². The highest BCUT2D eigenvalue weighted by molar-refractivity contribution is 7.86. The summed E-state index contributed by atoms with van der Waals surface area (Å²) < 4.78 is 29.8. The van der Waals surface area contributed by atoms with Crippen LogP contribution in [0, 0.1) is 0 Å². The summed E-state index contributed by atoms with van der Waals surface area (Å²) in [5.74, 6) is 0.953. The van der Waals surface area contributed by atoms with Crippen molar-refractivity contribution in [2.24, 2.45) is 0 Å². The summed E-state index contributed by atoms with van der Waals surface area (Å²) in [6.45, 7) is 4.04.